The molecule has 0 radical (unpaired) electrons. The lowest BCUT2D eigenvalue weighted by molar-refractivity contribution is -0.125. The molecule has 2 aromatic carbocycles. The van der Waals surface area contributed by atoms with Gasteiger partial charge in [-0.2, -0.15) is 0 Å². The molecule has 1 atom stereocenters. The average molecular weight is 421 g/mol. The summed E-state index contributed by atoms with van der Waals surface area (Å²) in [5, 5.41) is 4.05. The Morgan fingerprint density at radius 2 is 1.87 bits per heavy atom. The van der Waals surface area contributed by atoms with Crippen molar-refractivity contribution in [1.29, 1.82) is 0 Å². The van der Waals surface area contributed by atoms with Gasteiger partial charge in [-0.25, -0.2) is 4.98 Å². The summed E-state index contributed by atoms with van der Waals surface area (Å²) in [6, 6.07) is 15.5. The van der Waals surface area contributed by atoms with Crippen molar-refractivity contribution >= 4 is 44.7 Å². The van der Waals surface area contributed by atoms with Crippen LogP contribution in [-0.2, 0) is 9.59 Å². The number of nitrogens with one attached hydrogen (secondary N) is 1. The van der Waals surface area contributed by atoms with E-state index in [9.17, 15) is 9.59 Å². The smallest absolute Gasteiger partial charge is 0.244 e. The Kier molecular flexibility index (Phi) is 5.00. The molecule has 1 N–H and O–H groups in total. The monoisotopic (exact) mass is 420 g/mol. The van der Waals surface area contributed by atoms with Crippen molar-refractivity contribution in [3.63, 3.8) is 0 Å². The lowest BCUT2D eigenvalue weighted by Gasteiger charge is -2.38. The van der Waals surface area contributed by atoms with E-state index in [1.54, 1.807) is 16.2 Å². The fourth-order valence-corrected chi connectivity index (χ4v) is 5.55. The number of carbonyl (C=O) groups excluding carboxylic acids is 2. The molecule has 2 aliphatic heterocycles. The van der Waals surface area contributed by atoms with E-state index >= 15 is 0 Å². The SMILES string of the molecule is C[C@@H](C(=O)N1CC(=O)Nc2ccccc21)N1CCC(c2nc3ccccc3s2)CC1. The van der Waals surface area contributed by atoms with Crippen LogP contribution in [0.25, 0.3) is 10.2 Å². The van der Waals surface area contributed by atoms with Crippen molar-refractivity contribution in [2.75, 3.05) is 29.9 Å². The number of likely N-dealkylation sites (tertiary alicyclic amines) is 1. The molecule has 30 heavy (non-hydrogen) atoms. The van der Waals surface area contributed by atoms with Gasteiger partial charge in [-0.3, -0.25) is 19.4 Å². The molecule has 0 saturated carbocycles. The lowest BCUT2D eigenvalue weighted by Crippen LogP contribution is -2.52. The fraction of sp³-hybridized carbons (Fsp3) is 0.348. The van der Waals surface area contributed by atoms with Gasteiger partial charge in [0.15, 0.2) is 0 Å². The van der Waals surface area contributed by atoms with Crippen LogP contribution >= 0.6 is 11.3 Å². The summed E-state index contributed by atoms with van der Waals surface area (Å²) in [5.41, 5.74) is 2.55. The second-order valence-electron chi connectivity index (χ2n) is 8.00. The van der Waals surface area contributed by atoms with Crippen LogP contribution in [0, 0.1) is 0 Å². The Balaban J connectivity index is 1.27. The van der Waals surface area contributed by atoms with E-state index in [1.807, 2.05) is 37.3 Å². The number of piperidine rings is 1. The summed E-state index contributed by atoms with van der Waals surface area (Å²) in [5.74, 6) is 0.280. The van der Waals surface area contributed by atoms with E-state index in [4.69, 9.17) is 4.98 Å². The van der Waals surface area contributed by atoms with Crippen LogP contribution in [-0.4, -0.2) is 47.4 Å². The predicted octanol–water partition coefficient (Wildman–Crippen LogP) is 3.85. The zero-order valence-electron chi connectivity index (χ0n) is 16.9. The maximum absolute atomic E-state index is 13.3. The second-order valence-corrected chi connectivity index (χ2v) is 9.06. The Morgan fingerprint density at radius 3 is 2.67 bits per heavy atom. The first-order valence-electron chi connectivity index (χ1n) is 10.4. The number of benzene rings is 2. The molecule has 5 rings (SSSR count). The highest BCUT2D eigenvalue weighted by molar-refractivity contribution is 7.18. The van der Waals surface area contributed by atoms with E-state index in [0.29, 0.717) is 11.6 Å². The molecule has 3 aromatic rings. The maximum Gasteiger partial charge on any atom is 0.244 e. The zero-order chi connectivity index (χ0) is 20.7. The van der Waals surface area contributed by atoms with Gasteiger partial charge in [-0.1, -0.05) is 24.3 Å². The first-order chi connectivity index (χ1) is 14.6. The number of anilines is 2. The molecule has 2 aliphatic rings. The molecular weight excluding hydrogens is 396 g/mol. The molecular formula is C23H24N4O2S. The van der Waals surface area contributed by atoms with Crippen LogP contribution in [0.1, 0.15) is 30.7 Å². The van der Waals surface area contributed by atoms with Gasteiger partial charge in [0.25, 0.3) is 0 Å². The van der Waals surface area contributed by atoms with Crippen molar-refractivity contribution in [1.82, 2.24) is 9.88 Å². The largest absolute Gasteiger partial charge is 0.323 e. The number of nitrogens with zero attached hydrogens (tertiary/aromatic N) is 3. The number of carbonyl (C=O) groups is 2. The van der Waals surface area contributed by atoms with Crippen LogP contribution in [0.2, 0.25) is 0 Å². The summed E-state index contributed by atoms with van der Waals surface area (Å²) in [6.07, 6.45) is 1.99. The van der Waals surface area contributed by atoms with Gasteiger partial charge in [-0.05, 0) is 57.1 Å². The van der Waals surface area contributed by atoms with Gasteiger partial charge in [0.05, 0.1) is 32.6 Å². The summed E-state index contributed by atoms with van der Waals surface area (Å²) >= 11 is 1.79. The molecule has 2 amide bonds. The van der Waals surface area contributed by atoms with Gasteiger partial charge in [0.2, 0.25) is 11.8 Å². The number of amides is 2. The van der Waals surface area contributed by atoms with Crippen molar-refractivity contribution in [3.05, 3.63) is 53.5 Å². The molecule has 154 valence electrons. The fourth-order valence-electron chi connectivity index (χ4n) is 4.41. The zero-order valence-corrected chi connectivity index (χ0v) is 17.7. The standard InChI is InChI=1S/C23H24N4O2S/c1-15(23(29)27-14-21(28)24-17-6-2-4-8-19(17)27)26-12-10-16(11-13-26)22-25-18-7-3-5-9-20(18)30-22/h2-9,15-16H,10-14H2,1H3,(H,24,28)/t15-/m0/s1. The van der Waals surface area contributed by atoms with E-state index in [2.05, 4.69) is 28.4 Å². The van der Waals surface area contributed by atoms with Gasteiger partial charge in [0, 0.05) is 5.92 Å². The molecule has 0 spiro atoms. The number of hydrogen-bond acceptors (Lipinski definition) is 5. The van der Waals surface area contributed by atoms with E-state index in [0.717, 1.165) is 37.1 Å². The maximum atomic E-state index is 13.3. The van der Waals surface area contributed by atoms with Crippen LogP contribution in [0.3, 0.4) is 0 Å². The van der Waals surface area contributed by atoms with Crippen LogP contribution in [0.4, 0.5) is 11.4 Å². The van der Waals surface area contributed by atoms with Crippen LogP contribution in [0.5, 0.6) is 0 Å². The molecule has 3 heterocycles. The molecule has 0 unspecified atom stereocenters. The normalized spacial score (nSPS) is 18.8. The van der Waals surface area contributed by atoms with Crippen molar-refractivity contribution in [2.45, 2.75) is 31.7 Å². The minimum Gasteiger partial charge on any atom is -0.323 e. The Morgan fingerprint density at radius 1 is 1.13 bits per heavy atom. The molecule has 1 saturated heterocycles. The highest BCUT2D eigenvalue weighted by atomic mass is 32.1. The van der Waals surface area contributed by atoms with Gasteiger partial charge in [-0.15, -0.1) is 11.3 Å². The number of rotatable bonds is 3. The third-order valence-electron chi connectivity index (χ3n) is 6.13. The van der Waals surface area contributed by atoms with Gasteiger partial charge in [0.1, 0.15) is 6.54 Å². The molecule has 1 aromatic heterocycles. The third-order valence-corrected chi connectivity index (χ3v) is 7.33. The Hall–Kier alpha value is -2.77. The van der Waals surface area contributed by atoms with Crippen LogP contribution < -0.4 is 10.2 Å². The second kappa shape index (κ2) is 7.81. The Labute approximate surface area is 179 Å². The summed E-state index contributed by atoms with van der Waals surface area (Å²) in [7, 11) is 0. The predicted molar refractivity (Wildman–Crippen MR) is 120 cm³/mol. The van der Waals surface area contributed by atoms with Crippen molar-refractivity contribution in [2.24, 2.45) is 0 Å². The van der Waals surface area contributed by atoms with Gasteiger partial charge >= 0.3 is 0 Å². The number of para-hydroxylation sites is 3. The molecule has 1 fully saturated rings. The van der Waals surface area contributed by atoms with E-state index < -0.39 is 0 Å². The number of fused-ring (bicyclic) bond motifs is 2. The lowest BCUT2D eigenvalue weighted by atomic mass is 9.96. The number of thiazole rings is 1. The van der Waals surface area contributed by atoms with Crippen molar-refractivity contribution in [3.8, 4) is 0 Å². The molecule has 0 bridgehead atoms. The highest BCUT2D eigenvalue weighted by Crippen LogP contribution is 2.35. The quantitative estimate of drug-likeness (QED) is 0.699. The summed E-state index contributed by atoms with van der Waals surface area (Å²) < 4.78 is 1.24. The van der Waals surface area contributed by atoms with Gasteiger partial charge < -0.3 is 5.32 Å². The molecule has 7 heteroatoms. The van der Waals surface area contributed by atoms with E-state index in [1.165, 1.54) is 9.71 Å². The minimum absolute atomic E-state index is 0.0178. The summed E-state index contributed by atoms with van der Waals surface area (Å²) in [6.45, 7) is 3.74. The average Bonchev–Trinajstić information content (AvgIpc) is 3.22. The first kappa shape index (κ1) is 19.2. The number of aromatic nitrogens is 1. The minimum atomic E-state index is -0.264. The van der Waals surface area contributed by atoms with Crippen molar-refractivity contribution < 1.29 is 9.59 Å². The number of hydrogen-bond donors (Lipinski definition) is 1. The third kappa shape index (κ3) is 3.48. The molecule has 6 nitrogen and oxygen atoms in total. The molecule has 0 aliphatic carbocycles. The topological polar surface area (TPSA) is 65.5 Å². The first-order valence-corrected chi connectivity index (χ1v) is 11.2. The van der Waals surface area contributed by atoms with E-state index in [-0.39, 0.29) is 24.4 Å². The van der Waals surface area contributed by atoms with Crippen LogP contribution in [0.15, 0.2) is 48.5 Å². The summed E-state index contributed by atoms with van der Waals surface area (Å²) in [4.78, 5) is 34.0. The highest BCUT2D eigenvalue weighted by Gasteiger charge is 2.34. The Bertz CT molecular complexity index is 1070.